The van der Waals surface area contributed by atoms with Gasteiger partial charge in [0.05, 0.1) is 0 Å². The van der Waals surface area contributed by atoms with E-state index in [1.807, 2.05) is 0 Å². The zero-order valence-corrected chi connectivity index (χ0v) is 82.8. The molecule has 0 saturated heterocycles. The standard InChI is InChI=1S/C10H18.C9H16.2C8H14.C8H16.C7H12.C7H10.C7H12.C7H14.C6H10.C6H12.C6H10.2C6H8.C5H8.C5H10.C5H8.C4H8.C3H6/c1-2-6-10-8-4-3-7-9(10)5-1;1-2-5-9-7-3-6-8(9)4-1;1-3-7-5-2-6-8(7)4-1;1-2-8-5-3-7(1)4-6-8;1-2-4-6-8-7-5-3-1;2*1-2-7-4-3-6(1)5-7;1-2-6-4-7(3-1)5-6;1-2-4-6-7-5-3-1;1-2-5-4-6(5)3-1;4*1-2-4-6-5-3-1;1-2-5-3-4(1)5;2*1-2-4-5-3-1;1-2-4-3-1;1-2-3-1/h9-10H,1-8H2;8-9H,1-7H2;2*7-8H,1-6H2;1-8H2;6-7H,1-5H2;1-2,6-7H,3-5H2;6-7H,1-5H2;1-7H2;5-6H,1-4H2;1-6H2;1-2H,3-6H2;1-2,5-6H,3-4H2;1-4H,5-6H2;4-5H,1-3H2;1-5H2;1-2H,3-5H2;1-4H2;1-3H2. The van der Waals surface area contributed by atoms with Crippen LogP contribution in [-0.2, 0) is 0 Å². The van der Waals surface area contributed by atoms with Gasteiger partial charge >= 0.3 is 0 Å². The lowest BCUT2D eigenvalue weighted by Crippen LogP contribution is -2.28. The minimum atomic E-state index is 0.991. The first kappa shape index (κ1) is 103. The monoisotopic (exact) mass is 1690 g/mol. The Hall–Kier alpha value is -1.82. The molecule has 0 aromatic carbocycles. The van der Waals surface area contributed by atoms with Crippen molar-refractivity contribution in [1.82, 2.24) is 0 Å². The molecule has 30 aliphatic rings. The first-order valence-corrected chi connectivity index (χ1v) is 58.7. The Morgan fingerprint density at radius 2 is 0.333 bits per heavy atom. The third-order valence-corrected chi connectivity index (χ3v) is 35.8. The summed E-state index contributed by atoms with van der Waals surface area (Å²) in [5.74, 6) is 20.9. The van der Waals surface area contributed by atoms with E-state index in [0.29, 0.717) is 0 Å². The van der Waals surface area contributed by atoms with Crippen molar-refractivity contribution in [2.45, 2.75) is 584 Å². The van der Waals surface area contributed by atoms with E-state index in [-0.39, 0.29) is 0 Å². The van der Waals surface area contributed by atoms with Gasteiger partial charge < -0.3 is 0 Å². The maximum Gasteiger partial charge on any atom is -0.0169 e. The van der Waals surface area contributed by atoms with Crippen molar-refractivity contribution >= 4 is 0 Å². The summed E-state index contributed by atoms with van der Waals surface area (Å²) in [5.41, 5.74) is 0. The lowest BCUT2D eigenvalue weighted by molar-refractivity contribution is 0.116. The first-order chi connectivity index (χ1) is 61.1. The molecule has 0 spiro atoms. The molecule has 0 heterocycles. The zero-order chi connectivity index (χ0) is 84.6. The molecule has 0 nitrogen and oxygen atoms in total. The molecule has 8 atom stereocenters. The molecule has 706 valence electrons. The molecule has 0 aliphatic heterocycles. The minimum absolute atomic E-state index is 0.991. The molecule has 0 radical (unpaired) electrons. The number of hydrogen-bond donors (Lipinski definition) is 0. The van der Waals surface area contributed by atoms with E-state index in [9.17, 15) is 0 Å². The van der Waals surface area contributed by atoms with Crippen LogP contribution in [0.3, 0.4) is 0 Å². The molecule has 30 rings (SSSR count). The van der Waals surface area contributed by atoms with Crippen LogP contribution in [-0.4, -0.2) is 0 Å². The van der Waals surface area contributed by atoms with Gasteiger partial charge in [0.25, 0.3) is 0 Å². The Bertz CT molecular complexity index is 2380. The van der Waals surface area contributed by atoms with E-state index in [0.717, 1.165) is 48.3 Å². The molecular weight excluding hydrogens is 1480 g/mol. The van der Waals surface area contributed by atoms with Gasteiger partial charge in [-0.3, -0.25) is 0 Å². The van der Waals surface area contributed by atoms with Gasteiger partial charge in [-0.2, -0.15) is 0 Å². The van der Waals surface area contributed by atoms with Crippen LogP contribution in [0, 0.1) is 107 Å². The Kier molecular flexibility index (Phi) is 58.0. The van der Waals surface area contributed by atoms with Crippen molar-refractivity contribution in [3.63, 3.8) is 0 Å². The summed E-state index contributed by atoms with van der Waals surface area (Å²) < 4.78 is 0. The van der Waals surface area contributed by atoms with Crippen LogP contribution in [0.2, 0.25) is 0 Å². The summed E-state index contributed by atoms with van der Waals surface area (Å²) in [5, 5.41) is 0. The van der Waals surface area contributed by atoms with Crippen LogP contribution in [0.5, 0.6) is 0 Å². The number of fused-ring (bicyclic) bond motifs is 14. The second kappa shape index (κ2) is 69.1. The largest absolute Gasteiger partial charge is 0.0885 e. The molecule has 0 aromatic rings. The van der Waals surface area contributed by atoms with Crippen LogP contribution < -0.4 is 0 Å². The molecule has 0 amide bonds. The van der Waals surface area contributed by atoms with Gasteiger partial charge in [0.15, 0.2) is 0 Å². The second-order valence-corrected chi connectivity index (χ2v) is 46.3. The highest BCUT2D eigenvalue weighted by Gasteiger charge is 2.45. The topological polar surface area (TPSA) is 0 Å². The van der Waals surface area contributed by atoms with E-state index in [1.54, 1.807) is 212 Å². The van der Waals surface area contributed by atoms with Gasteiger partial charge in [-0.1, -0.05) is 535 Å². The van der Waals surface area contributed by atoms with E-state index in [2.05, 4.69) is 85.1 Å². The quantitative estimate of drug-likeness (QED) is 0.168. The van der Waals surface area contributed by atoms with Gasteiger partial charge in [-0.15, -0.1) is 0 Å². The highest BCUT2D eigenvalue weighted by atomic mass is 14.5. The average Bonchev–Trinajstić information content (AvgIpc) is 1.64. The number of rotatable bonds is 0. The summed E-state index contributed by atoms with van der Waals surface area (Å²) in [4.78, 5) is 0. The maximum atomic E-state index is 2.38. The average molecular weight is 1690 g/mol. The molecule has 30 aliphatic carbocycles. The van der Waals surface area contributed by atoms with Gasteiger partial charge in [-0.05, 0) is 241 Å². The van der Waals surface area contributed by atoms with Crippen molar-refractivity contribution in [2.75, 3.05) is 0 Å². The van der Waals surface area contributed by atoms with Gasteiger partial charge in [0.1, 0.15) is 0 Å². The van der Waals surface area contributed by atoms with E-state index in [1.165, 1.54) is 431 Å². The lowest BCUT2D eigenvalue weighted by Gasteiger charge is -2.40. The molecule has 0 N–H and O–H groups in total. The fourth-order valence-electron chi connectivity index (χ4n) is 26.4. The molecular formula is C123H214. The maximum absolute atomic E-state index is 2.38. The molecule has 8 unspecified atom stereocenters. The van der Waals surface area contributed by atoms with Crippen LogP contribution in [0.15, 0.2) is 85.1 Å². The summed E-state index contributed by atoms with van der Waals surface area (Å²) in [6.07, 6.45) is 168. The van der Waals surface area contributed by atoms with Crippen molar-refractivity contribution in [2.24, 2.45) is 107 Å². The first-order valence-electron chi connectivity index (χ1n) is 58.7. The third-order valence-electron chi connectivity index (χ3n) is 35.8. The smallest absolute Gasteiger partial charge is 0.0169 e. The molecule has 25 fully saturated rings. The molecule has 25 saturated carbocycles. The normalized spacial score (nSPS) is 35.4. The molecule has 0 heteroatoms. The van der Waals surface area contributed by atoms with Crippen molar-refractivity contribution in [3.05, 3.63) is 85.1 Å². The van der Waals surface area contributed by atoms with Crippen LogP contribution in [0.4, 0.5) is 0 Å². The van der Waals surface area contributed by atoms with E-state index in [4.69, 9.17) is 0 Å². The molecule has 0 aromatic heterocycles. The summed E-state index contributed by atoms with van der Waals surface area (Å²) >= 11 is 0. The third kappa shape index (κ3) is 50.0. The molecule has 123 heavy (non-hydrogen) atoms. The SMILES string of the molecule is C1=CC2CCC1C2.C1=CCC=CC1.C1=CCCC1.C1=CCCC=C1.C1=CCCCC1.C1CC1.C1CC2CC(C1)C2.C1CC2CC12.C1CC2CC2C1.C1CC2CCC1C2.C1CC2CCC1CC2.C1CC2CCCC2C1.C1CCC1.C1CCC2CCCC2C1.C1CCC2CCCCC2C1.C1CCCC1.C1CCCCC1.C1CCCCCC1.C1CCCCCCC1. The lowest BCUT2D eigenvalue weighted by atomic mass is 9.65. The predicted octanol–water partition coefficient (Wildman–Crippen LogP) is 41.6. The highest BCUT2D eigenvalue weighted by Crippen LogP contribution is 2.55. The minimum Gasteiger partial charge on any atom is -0.0885 e. The van der Waals surface area contributed by atoms with Gasteiger partial charge in [0.2, 0.25) is 0 Å². The Morgan fingerprint density at radius 3 is 0.455 bits per heavy atom. The molecule has 8 bridgehead atoms. The zero-order valence-electron chi connectivity index (χ0n) is 82.8. The summed E-state index contributed by atoms with van der Waals surface area (Å²) in [6, 6.07) is 0. The fraction of sp³-hybridized carbons (Fsp3) is 0.886. The second-order valence-electron chi connectivity index (χ2n) is 46.3. The Balaban J connectivity index is 0.000000137. The number of hydrogen-bond acceptors (Lipinski definition) is 0. The van der Waals surface area contributed by atoms with E-state index >= 15 is 0 Å². The summed E-state index contributed by atoms with van der Waals surface area (Å²) in [7, 11) is 0. The van der Waals surface area contributed by atoms with Gasteiger partial charge in [0, 0.05) is 0 Å². The van der Waals surface area contributed by atoms with Crippen LogP contribution in [0.25, 0.3) is 0 Å². The summed E-state index contributed by atoms with van der Waals surface area (Å²) in [6.45, 7) is 0. The predicted molar refractivity (Wildman–Crippen MR) is 547 cm³/mol. The van der Waals surface area contributed by atoms with E-state index < -0.39 is 0 Å². The van der Waals surface area contributed by atoms with Crippen molar-refractivity contribution < 1.29 is 0 Å². The fourth-order valence-corrected chi connectivity index (χ4v) is 26.4. The van der Waals surface area contributed by atoms with Crippen molar-refractivity contribution in [1.29, 1.82) is 0 Å². The van der Waals surface area contributed by atoms with Crippen LogP contribution in [0.1, 0.15) is 584 Å². The van der Waals surface area contributed by atoms with Crippen LogP contribution >= 0.6 is 0 Å². The highest BCUT2D eigenvalue weighted by molar-refractivity contribution is 5.08. The van der Waals surface area contributed by atoms with Gasteiger partial charge in [-0.25, -0.2) is 0 Å². The Labute approximate surface area is 770 Å². The number of allylic oxidation sites excluding steroid dienone is 14. The van der Waals surface area contributed by atoms with Crippen molar-refractivity contribution in [3.8, 4) is 0 Å². The Morgan fingerprint density at radius 1 is 0.114 bits per heavy atom.